The molecule has 1 N–H and O–H groups in total. The van der Waals surface area contributed by atoms with Crippen molar-refractivity contribution in [1.29, 1.82) is 0 Å². The van der Waals surface area contributed by atoms with E-state index in [9.17, 15) is 18.7 Å². The van der Waals surface area contributed by atoms with Crippen molar-refractivity contribution in [3.8, 4) is 39.6 Å². The number of carbonyl (C=O) groups is 1. The highest BCUT2D eigenvalue weighted by molar-refractivity contribution is 5.84. The molecule has 11 heteroatoms. The van der Waals surface area contributed by atoms with Crippen LogP contribution >= 0.6 is 0 Å². The van der Waals surface area contributed by atoms with Gasteiger partial charge in [0.1, 0.15) is 17.3 Å². The minimum absolute atomic E-state index is 0.0543. The third-order valence-corrected chi connectivity index (χ3v) is 9.56. The number of likely N-dealkylation sites (tertiary alicyclic amines) is 2. The van der Waals surface area contributed by atoms with Crippen LogP contribution in [0.15, 0.2) is 65.3 Å². The van der Waals surface area contributed by atoms with Crippen LogP contribution in [0.3, 0.4) is 0 Å². The summed E-state index contributed by atoms with van der Waals surface area (Å²) in [4.78, 5) is 30.2. The molecule has 5 aromatic rings. The monoisotopic (exact) mass is 653 g/mol. The van der Waals surface area contributed by atoms with Gasteiger partial charge in [-0.1, -0.05) is 30.3 Å². The van der Waals surface area contributed by atoms with E-state index in [2.05, 4.69) is 30.0 Å². The Morgan fingerprint density at radius 2 is 1.65 bits per heavy atom. The van der Waals surface area contributed by atoms with E-state index in [1.807, 2.05) is 37.5 Å². The maximum atomic E-state index is 13.4. The lowest BCUT2D eigenvalue weighted by Gasteiger charge is -2.22. The number of carboxylic acids is 1. The topological polar surface area (TPSA) is 105 Å². The molecule has 7 rings (SSSR count). The number of rotatable bonds is 10. The van der Waals surface area contributed by atoms with Gasteiger partial charge in [-0.2, -0.15) is 8.78 Å². The molecule has 2 saturated heterocycles. The number of hydrogen-bond acceptors (Lipinski definition) is 8. The van der Waals surface area contributed by atoms with Crippen molar-refractivity contribution in [2.45, 2.75) is 65.3 Å². The third kappa shape index (κ3) is 6.40. The summed E-state index contributed by atoms with van der Waals surface area (Å²) in [6, 6.07) is 14.5. The summed E-state index contributed by atoms with van der Waals surface area (Å²) in [5, 5.41) is 9.62. The second kappa shape index (κ2) is 13.4. The van der Waals surface area contributed by atoms with Crippen molar-refractivity contribution in [1.82, 2.24) is 24.8 Å². The average Bonchev–Trinajstić information content (AvgIpc) is 3.84. The number of benzene rings is 3. The largest absolute Gasteiger partial charge is 0.480 e. The Kier molecular flexibility index (Phi) is 8.89. The normalized spacial score (nSPS) is 17.1. The standard InChI is InChI=1S/C37H37F2N5O4/c1-22-26(8-5-10-28(22)31-19-40-25(18-41-31)21-43-13-3-4-14-43)27-9-6-11-29(23(27)2)35-42-30-16-24(20-44-15-7-12-32(44)36(45)46)33(48-37(38)39)17-34(30)47-35/h5-6,8-11,16-19,32,37H,3-4,7,12-15,20-21H2,1-2H3,(H,45,46)/t32-/m0/s1. The summed E-state index contributed by atoms with van der Waals surface area (Å²) in [5.41, 5.74) is 8.82. The number of ether oxygens (including phenoxy) is 1. The Morgan fingerprint density at radius 1 is 0.938 bits per heavy atom. The molecule has 0 spiro atoms. The van der Waals surface area contributed by atoms with Crippen molar-refractivity contribution in [3.05, 3.63) is 83.3 Å². The smallest absolute Gasteiger partial charge is 0.387 e. The van der Waals surface area contributed by atoms with E-state index in [4.69, 9.17) is 24.1 Å². The van der Waals surface area contributed by atoms with Gasteiger partial charge in [-0.15, -0.1) is 0 Å². The fourth-order valence-electron chi connectivity index (χ4n) is 7.07. The van der Waals surface area contributed by atoms with Gasteiger partial charge in [-0.3, -0.25) is 24.6 Å². The predicted molar refractivity (Wildman–Crippen MR) is 178 cm³/mol. The zero-order valence-corrected chi connectivity index (χ0v) is 27.0. The summed E-state index contributed by atoms with van der Waals surface area (Å²) in [5.74, 6) is -0.632. The molecule has 2 aromatic heterocycles. The zero-order valence-electron chi connectivity index (χ0n) is 27.0. The van der Waals surface area contributed by atoms with Gasteiger partial charge in [0.05, 0.1) is 23.8 Å². The van der Waals surface area contributed by atoms with Crippen LogP contribution in [0.1, 0.15) is 48.1 Å². The Morgan fingerprint density at radius 3 is 2.33 bits per heavy atom. The molecular formula is C37H37F2N5O4. The molecule has 0 unspecified atom stereocenters. The van der Waals surface area contributed by atoms with Gasteiger partial charge in [0.25, 0.3) is 0 Å². The third-order valence-electron chi connectivity index (χ3n) is 9.56. The second-order valence-corrected chi connectivity index (χ2v) is 12.6. The van der Waals surface area contributed by atoms with Crippen LogP contribution < -0.4 is 4.74 Å². The lowest BCUT2D eigenvalue weighted by atomic mass is 9.90. The van der Waals surface area contributed by atoms with Crippen LogP contribution in [0.4, 0.5) is 8.78 Å². The van der Waals surface area contributed by atoms with Gasteiger partial charge in [-0.25, -0.2) is 4.98 Å². The fraction of sp³-hybridized carbons (Fsp3) is 0.351. The van der Waals surface area contributed by atoms with Crippen LogP contribution in [0.2, 0.25) is 0 Å². The lowest BCUT2D eigenvalue weighted by molar-refractivity contribution is -0.142. The van der Waals surface area contributed by atoms with E-state index in [1.54, 1.807) is 11.0 Å². The van der Waals surface area contributed by atoms with Crippen molar-refractivity contribution < 1.29 is 27.8 Å². The van der Waals surface area contributed by atoms with Gasteiger partial charge in [0.15, 0.2) is 5.58 Å². The Balaban J connectivity index is 1.20. The average molecular weight is 654 g/mol. The van der Waals surface area contributed by atoms with Crippen molar-refractivity contribution >= 4 is 17.1 Å². The first-order chi connectivity index (χ1) is 23.2. The maximum Gasteiger partial charge on any atom is 0.387 e. The molecule has 3 aromatic carbocycles. The molecule has 0 amide bonds. The summed E-state index contributed by atoms with van der Waals surface area (Å²) in [6.45, 7) is 4.77. The van der Waals surface area contributed by atoms with Gasteiger partial charge < -0.3 is 14.3 Å². The maximum absolute atomic E-state index is 13.4. The SMILES string of the molecule is Cc1c(-c2cnc(CN3CCCC3)cn2)cccc1-c1cccc(-c2nc3cc(CN4CCC[C@H]4C(=O)O)c(OC(F)F)cc3o2)c1C. The molecule has 248 valence electrons. The van der Waals surface area contributed by atoms with Gasteiger partial charge >= 0.3 is 12.6 Å². The highest BCUT2D eigenvalue weighted by atomic mass is 19.3. The summed E-state index contributed by atoms with van der Waals surface area (Å²) in [6.07, 6.45) is 7.42. The molecule has 1 atom stereocenters. The predicted octanol–water partition coefficient (Wildman–Crippen LogP) is 7.48. The lowest BCUT2D eigenvalue weighted by Crippen LogP contribution is -2.35. The molecule has 4 heterocycles. The van der Waals surface area contributed by atoms with Crippen LogP contribution in [0.5, 0.6) is 5.75 Å². The number of halogens is 2. The molecule has 0 saturated carbocycles. The first-order valence-corrected chi connectivity index (χ1v) is 16.3. The van der Waals surface area contributed by atoms with E-state index in [0.29, 0.717) is 35.5 Å². The van der Waals surface area contributed by atoms with Gasteiger partial charge in [0.2, 0.25) is 5.89 Å². The van der Waals surface area contributed by atoms with Gasteiger partial charge in [-0.05, 0) is 93.6 Å². The summed E-state index contributed by atoms with van der Waals surface area (Å²) < 4.78 is 37.9. The quantitative estimate of drug-likeness (QED) is 0.164. The van der Waals surface area contributed by atoms with E-state index >= 15 is 0 Å². The molecule has 9 nitrogen and oxygen atoms in total. The van der Waals surface area contributed by atoms with Gasteiger partial charge in [0, 0.05) is 35.8 Å². The number of nitrogens with zero attached hydrogens (tertiary/aromatic N) is 5. The molecule has 2 fully saturated rings. The van der Waals surface area contributed by atoms with Crippen LogP contribution in [0, 0.1) is 13.8 Å². The highest BCUT2D eigenvalue weighted by Gasteiger charge is 2.31. The zero-order chi connectivity index (χ0) is 33.4. The molecule has 0 aliphatic carbocycles. The highest BCUT2D eigenvalue weighted by Crippen LogP contribution is 2.38. The molecule has 2 aliphatic rings. The van der Waals surface area contributed by atoms with Crippen molar-refractivity contribution in [2.24, 2.45) is 0 Å². The second-order valence-electron chi connectivity index (χ2n) is 12.6. The number of fused-ring (bicyclic) bond motifs is 1. The Labute approximate surface area is 277 Å². The van der Waals surface area contributed by atoms with Crippen LogP contribution in [0.25, 0.3) is 44.9 Å². The Bertz CT molecular complexity index is 1960. The minimum Gasteiger partial charge on any atom is -0.480 e. The number of aliphatic carboxylic acids is 1. The molecule has 2 aliphatic heterocycles. The van der Waals surface area contributed by atoms with Crippen LogP contribution in [-0.4, -0.2) is 68.1 Å². The molecule has 0 bridgehead atoms. The Hall–Kier alpha value is -4.74. The molecule has 0 radical (unpaired) electrons. The van der Waals surface area contributed by atoms with Crippen molar-refractivity contribution in [2.75, 3.05) is 19.6 Å². The van der Waals surface area contributed by atoms with E-state index in [0.717, 1.165) is 70.8 Å². The van der Waals surface area contributed by atoms with E-state index in [1.165, 1.54) is 18.9 Å². The number of aromatic nitrogens is 3. The fourth-order valence-corrected chi connectivity index (χ4v) is 7.07. The number of hydrogen-bond donors (Lipinski definition) is 1. The van der Waals surface area contributed by atoms with E-state index < -0.39 is 18.6 Å². The minimum atomic E-state index is -3.05. The van der Waals surface area contributed by atoms with Crippen LogP contribution in [-0.2, 0) is 17.9 Å². The summed E-state index contributed by atoms with van der Waals surface area (Å²) >= 11 is 0. The number of alkyl halides is 2. The molecular weight excluding hydrogens is 616 g/mol. The first kappa shape index (κ1) is 31.8. The van der Waals surface area contributed by atoms with E-state index in [-0.39, 0.29) is 12.3 Å². The first-order valence-electron chi connectivity index (χ1n) is 16.3. The summed E-state index contributed by atoms with van der Waals surface area (Å²) in [7, 11) is 0. The number of carboxylic acid groups (broad SMARTS) is 1. The number of oxazole rings is 1. The molecule has 48 heavy (non-hydrogen) atoms. The van der Waals surface area contributed by atoms with Crippen molar-refractivity contribution in [3.63, 3.8) is 0 Å².